The van der Waals surface area contributed by atoms with Crippen LogP contribution in [0, 0.1) is 5.82 Å². The largest absolute Gasteiger partial charge is 0.335 e. The number of aromatic nitrogens is 6. The van der Waals surface area contributed by atoms with Crippen molar-refractivity contribution in [3.63, 3.8) is 0 Å². The summed E-state index contributed by atoms with van der Waals surface area (Å²) in [6.07, 6.45) is 6.77. The molecule has 2 aromatic carbocycles. The lowest BCUT2D eigenvalue weighted by Crippen LogP contribution is -2.05. The summed E-state index contributed by atoms with van der Waals surface area (Å²) >= 11 is 0. The van der Waals surface area contributed by atoms with E-state index in [9.17, 15) is 9.18 Å². The highest BCUT2D eigenvalue weighted by Gasteiger charge is 2.16. The number of H-pyrrole nitrogens is 2. The Balaban J connectivity index is 1.45. The molecule has 3 N–H and O–H groups in total. The summed E-state index contributed by atoms with van der Waals surface area (Å²) in [5.41, 5.74) is 7.02. The van der Waals surface area contributed by atoms with Gasteiger partial charge in [-0.05, 0) is 41.5 Å². The summed E-state index contributed by atoms with van der Waals surface area (Å²) in [6, 6.07) is 14.0. The number of imidazole rings is 1. The minimum Gasteiger partial charge on any atom is -0.335 e. The van der Waals surface area contributed by atoms with Gasteiger partial charge in [0.2, 0.25) is 5.91 Å². The van der Waals surface area contributed by atoms with E-state index in [1.807, 2.05) is 24.3 Å². The van der Waals surface area contributed by atoms with Gasteiger partial charge >= 0.3 is 0 Å². The molecule has 0 fully saturated rings. The van der Waals surface area contributed by atoms with Gasteiger partial charge in [-0.25, -0.2) is 9.37 Å². The lowest BCUT2D eigenvalue weighted by molar-refractivity contribution is -0.114. The number of benzene rings is 2. The zero-order chi connectivity index (χ0) is 23.9. The van der Waals surface area contributed by atoms with Crippen molar-refractivity contribution in [3.8, 4) is 33.8 Å². The van der Waals surface area contributed by atoms with Crippen LogP contribution in [-0.4, -0.2) is 36.0 Å². The minimum atomic E-state index is -0.298. The number of fused-ring (bicyclic) bond motifs is 2. The number of nitrogens with zero attached hydrogens (tertiary/aromatic N) is 4. The number of amides is 1. The second-order valence-corrected chi connectivity index (χ2v) is 8.15. The van der Waals surface area contributed by atoms with Gasteiger partial charge in [0.15, 0.2) is 5.82 Å². The summed E-state index contributed by atoms with van der Waals surface area (Å²) < 4.78 is 13.4. The van der Waals surface area contributed by atoms with E-state index < -0.39 is 0 Å². The van der Waals surface area contributed by atoms with Crippen LogP contribution >= 0.6 is 0 Å². The van der Waals surface area contributed by atoms with Crippen LogP contribution in [0.5, 0.6) is 0 Å². The summed E-state index contributed by atoms with van der Waals surface area (Å²) in [5.74, 6) is 0.133. The number of carbonyl (C=O) groups is 1. The van der Waals surface area contributed by atoms with Crippen LogP contribution in [-0.2, 0) is 4.79 Å². The van der Waals surface area contributed by atoms with Gasteiger partial charge in [-0.3, -0.25) is 19.9 Å². The van der Waals surface area contributed by atoms with Gasteiger partial charge in [-0.2, -0.15) is 5.10 Å². The van der Waals surface area contributed by atoms with Crippen molar-refractivity contribution >= 4 is 33.5 Å². The first kappa shape index (κ1) is 20.7. The first-order valence-electron chi connectivity index (χ1n) is 10.9. The highest BCUT2D eigenvalue weighted by Crippen LogP contribution is 2.33. The fourth-order valence-electron chi connectivity index (χ4n) is 4.13. The Morgan fingerprint density at radius 2 is 1.69 bits per heavy atom. The number of halogens is 1. The highest BCUT2D eigenvalue weighted by molar-refractivity contribution is 5.98. The number of hydrogen-bond donors (Lipinski definition) is 3. The van der Waals surface area contributed by atoms with E-state index >= 15 is 0 Å². The number of anilines is 1. The smallest absolute Gasteiger partial charge is 0.221 e. The Morgan fingerprint density at radius 1 is 0.886 bits per heavy atom. The van der Waals surface area contributed by atoms with E-state index in [1.165, 1.54) is 19.1 Å². The Bertz CT molecular complexity index is 1720. The maximum Gasteiger partial charge on any atom is 0.221 e. The molecule has 0 aliphatic carbocycles. The van der Waals surface area contributed by atoms with E-state index in [0.717, 1.165) is 44.2 Å². The molecular weight excluding hydrogens is 445 g/mol. The number of hydrogen-bond acceptors (Lipinski definition) is 5. The molecule has 0 saturated heterocycles. The van der Waals surface area contributed by atoms with Crippen LogP contribution in [0.3, 0.4) is 0 Å². The van der Waals surface area contributed by atoms with Gasteiger partial charge in [0.1, 0.15) is 11.5 Å². The van der Waals surface area contributed by atoms with Crippen molar-refractivity contribution in [1.82, 2.24) is 30.1 Å². The molecule has 8 nitrogen and oxygen atoms in total. The van der Waals surface area contributed by atoms with Crippen LogP contribution in [0.1, 0.15) is 6.92 Å². The van der Waals surface area contributed by atoms with Crippen LogP contribution in [0.15, 0.2) is 73.3 Å². The molecule has 4 aromatic heterocycles. The zero-order valence-corrected chi connectivity index (χ0v) is 18.5. The van der Waals surface area contributed by atoms with Gasteiger partial charge < -0.3 is 10.3 Å². The Kier molecular flexibility index (Phi) is 4.81. The molecule has 0 radical (unpaired) electrons. The van der Waals surface area contributed by atoms with Crippen LogP contribution in [0.4, 0.5) is 10.1 Å². The molecule has 9 heteroatoms. The van der Waals surface area contributed by atoms with Crippen LogP contribution < -0.4 is 5.32 Å². The Morgan fingerprint density at radius 3 is 2.51 bits per heavy atom. The number of aromatic amines is 2. The van der Waals surface area contributed by atoms with Gasteiger partial charge in [0, 0.05) is 35.8 Å². The van der Waals surface area contributed by atoms with Crippen molar-refractivity contribution in [3.05, 3.63) is 79.1 Å². The lowest BCUT2D eigenvalue weighted by Gasteiger charge is -2.06. The van der Waals surface area contributed by atoms with Crippen LogP contribution in [0.2, 0.25) is 0 Å². The summed E-state index contributed by atoms with van der Waals surface area (Å²) in [5, 5.41) is 11.2. The predicted octanol–water partition coefficient (Wildman–Crippen LogP) is 5.33. The van der Waals surface area contributed by atoms with Gasteiger partial charge in [-0.1, -0.05) is 18.2 Å². The number of rotatable bonds is 4. The summed E-state index contributed by atoms with van der Waals surface area (Å²) in [6.45, 7) is 1.46. The van der Waals surface area contributed by atoms with Crippen molar-refractivity contribution < 1.29 is 9.18 Å². The molecule has 0 spiro atoms. The topological polar surface area (TPSA) is 112 Å². The van der Waals surface area contributed by atoms with E-state index in [0.29, 0.717) is 17.2 Å². The van der Waals surface area contributed by atoms with E-state index in [-0.39, 0.29) is 11.7 Å². The third-order valence-electron chi connectivity index (χ3n) is 5.73. The maximum atomic E-state index is 13.4. The normalized spacial score (nSPS) is 11.3. The van der Waals surface area contributed by atoms with Gasteiger partial charge in [-0.15, -0.1) is 0 Å². The van der Waals surface area contributed by atoms with Crippen molar-refractivity contribution in [1.29, 1.82) is 0 Å². The summed E-state index contributed by atoms with van der Waals surface area (Å²) in [4.78, 5) is 28.1. The average molecular weight is 463 g/mol. The first-order valence-corrected chi connectivity index (χ1v) is 10.9. The molecule has 0 saturated carbocycles. The van der Waals surface area contributed by atoms with E-state index in [4.69, 9.17) is 4.98 Å². The molecule has 0 atom stereocenters. The molecule has 6 rings (SSSR count). The molecule has 35 heavy (non-hydrogen) atoms. The second kappa shape index (κ2) is 8.14. The molecule has 0 unspecified atom stereocenters. The Hall–Kier alpha value is -4.92. The average Bonchev–Trinajstić information content (AvgIpc) is 3.48. The molecular formula is C26H18FN7O. The molecule has 0 bridgehead atoms. The number of carbonyl (C=O) groups excluding carboxylic acids is 1. The van der Waals surface area contributed by atoms with Crippen LogP contribution in [0.25, 0.3) is 55.7 Å². The lowest BCUT2D eigenvalue weighted by atomic mass is 10.0. The third kappa shape index (κ3) is 3.78. The molecule has 6 aromatic rings. The minimum absolute atomic E-state index is 0.157. The molecule has 170 valence electrons. The van der Waals surface area contributed by atoms with Crippen molar-refractivity contribution in [2.24, 2.45) is 0 Å². The molecule has 0 aliphatic rings. The number of nitrogens with one attached hydrogen (secondary N) is 3. The monoisotopic (exact) mass is 463 g/mol. The Labute approximate surface area is 198 Å². The van der Waals surface area contributed by atoms with E-state index in [2.05, 4.69) is 30.5 Å². The van der Waals surface area contributed by atoms with E-state index in [1.54, 1.807) is 36.9 Å². The molecule has 0 aliphatic heterocycles. The van der Waals surface area contributed by atoms with Gasteiger partial charge in [0.05, 0.1) is 34.6 Å². The highest BCUT2D eigenvalue weighted by atomic mass is 19.1. The van der Waals surface area contributed by atoms with Crippen molar-refractivity contribution in [2.45, 2.75) is 6.92 Å². The summed E-state index contributed by atoms with van der Waals surface area (Å²) in [7, 11) is 0. The van der Waals surface area contributed by atoms with Gasteiger partial charge in [0.25, 0.3) is 0 Å². The maximum absolute atomic E-state index is 13.4. The second-order valence-electron chi connectivity index (χ2n) is 8.15. The standard InChI is InChI=1S/C26H18FN7O/c1-14(35)30-19-8-17(10-28-11-19)16-4-7-22-20(9-16)25(34-33-22)26-31-23-13-29-12-21(24(23)32-26)15-2-5-18(27)6-3-15/h2-13H,1H3,(H,30,35)(H,31,32)(H,33,34). The quantitative estimate of drug-likeness (QED) is 0.327. The zero-order valence-electron chi connectivity index (χ0n) is 18.5. The molecule has 1 amide bonds. The fourth-order valence-corrected chi connectivity index (χ4v) is 4.13. The first-order chi connectivity index (χ1) is 17.0. The number of pyridine rings is 2. The fraction of sp³-hybridized carbons (Fsp3) is 0.0385. The molecule has 4 heterocycles. The SMILES string of the molecule is CC(=O)Nc1cncc(-c2ccc3[nH]nc(-c4nc5c(-c6ccc(F)cc6)cncc5[nH]4)c3c2)c1. The van der Waals surface area contributed by atoms with Crippen molar-refractivity contribution in [2.75, 3.05) is 5.32 Å². The predicted molar refractivity (Wildman–Crippen MR) is 132 cm³/mol. The third-order valence-corrected chi connectivity index (χ3v) is 5.73.